The fraction of sp³-hybridized carbons (Fsp3) is 0.182. The summed E-state index contributed by atoms with van der Waals surface area (Å²) in [6.07, 6.45) is 0. The maximum atomic E-state index is 11.9. The Bertz CT molecular complexity index is 562. The quantitative estimate of drug-likeness (QED) is 0.880. The lowest BCUT2D eigenvalue weighted by Crippen LogP contribution is -2.21. The number of rotatable bonds is 1. The Balaban J connectivity index is 2.65. The maximum absolute atomic E-state index is 11.9. The van der Waals surface area contributed by atoms with Gasteiger partial charge in [-0.1, -0.05) is 15.9 Å². The predicted molar refractivity (Wildman–Crippen MR) is 72.0 cm³/mol. The molecule has 0 unspecified atom stereocenters. The summed E-state index contributed by atoms with van der Waals surface area (Å²) in [5, 5.41) is 0.935. The summed E-state index contributed by atoms with van der Waals surface area (Å²) in [5.41, 5.74) is 6.56. The van der Waals surface area contributed by atoms with E-state index in [1.54, 1.807) is 14.1 Å². The van der Waals surface area contributed by atoms with Crippen LogP contribution in [0.25, 0.3) is 10.1 Å². The van der Waals surface area contributed by atoms with Crippen molar-refractivity contribution in [2.75, 3.05) is 19.8 Å². The predicted octanol–water partition coefficient (Wildman–Crippen LogP) is 2.95. The van der Waals surface area contributed by atoms with Crippen molar-refractivity contribution in [3.8, 4) is 0 Å². The first-order valence-electron chi connectivity index (χ1n) is 4.70. The molecule has 1 heterocycles. The van der Waals surface area contributed by atoms with Gasteiger partial charge in [0.15, 0.2) is 0 Å². The van der Waals surface area contributed by atoms with Crippen molar-refractivity contribution < 1.29 is 4.79 Å². The van der Waals surface area contributed by atoms with Crippen LogP contribution < -0.4 is 5.73 Å². The molecule has 1 aromatic carbocycles. The Morgan fingerprint density at radius 3 is 2.75 bits per heavy atom. The molecule has 84 valence electrons. The van der Waals surface area contributed by atoms with Crippen molar-refractivity contribution in [1.82, 2.24) is 4.90 Å². The molecule has 0 atom stereocenters. The van der Waals surface area contributed by atoms with Gasteiger partial charge in [0.2, 0.25) is 0 Å². The largest absolute Gasteiger partial charge is 0.397 e. The monoisotopic (exact) mass is 298 g/mol. The summed E-state index contributed by atoms with van der Waals surface area (Å²) >= 11 is 4.83. The van der Waals surface area contributed by atoms with Gasteiger partial charge < -0.3 is 10.6 Å². The molecule has 2 aromatic rings. The van der Waals surface area contributed by atoms with E-state index in [-0.39, 0.29) is 5.91 Å². The average molecular weight is 299 g/mol. The van der Waals surface area contributed by atoms with Gasteiger partial charge in [-0.3, -0.25) is 4.79 Å². The number of nitrogens with zero attached hydrogens (tertiary/aromatic N) is 1. The Labute approximate surface area is 106 Å². The van der Waals surface area contributed by atoms with Crippen LogP contribution in [-0.2, 0) is 0 Å². The lowest BCUT2D eigenvalue weighted by Gasteiger charge is -2.08. The third kappa shape index (κ3) is 1.81. The van der Waals surface area contributed by atoms with Gasteiger partial charge in [-0.2, -0.15) is 0 Å². The molecule has 0 saturated heterocycles. The minimum atomic E-state index is -0.0465. The van der Waals surface area contributed by atoms with E-state index in [4.69, 9.17) is 5.73 Å². The van der Waals surface area contributed by atoms with Gasteiger partial charge in [0, 0.05) is 28.7 Å². The number of carbonyl (C=O) groups is 1. The molecular formula is C11H11BrN2OS. The van der Waals surface area contributed by atoms with E-state index in [0.29, 0.717) is 10.6 Å². The van der Waals surface area contributed by atoms with E-state index in [9.17, 15) is 4.79 Å². The van der Waals surface area contributed by atoms with Crippen molar-refractivity contribution in [1.29, 1.82) is 0 Å². The van der Waals surface area contributed by atoms with Crippen LogP contribution in [0.4, 0.5) is 5.69 Å². The van der Waals surface area contributed by atoms with E-state index in [1.807, 2.05) is 18.2 Å². The molecule has 5 heteroatoms. The summed E-state index contributed by atoms with van der Waals surface area (Å²) in [5.74, 6) is -0.0465. The first kappa shape index (κ1) is 11.4. The Morgan fingerprint density at radius 1 is 1.44 bits per heavy atom. The zero-order valence-corrected chi connectivity index (χ0v) is 11.4. The number of hydrogen-bond donors (Lipinski definition) is 1. The van der Waals surface area contributed by atoms with Crippen LogP contribution in [0.15, 0.2) is 22.7 Å². The average Bonchev–Trinajstić information content (AvgIpc) is 2.55. The number of benzene rings is 1. The highest BCUT2D eigenvalue weighted by Gasteiger charge is 2.17. The van der Waals surface area contributed by atoms with Crippen LogP contribution >= 0.6 is 27.3 Å². The van der Waals surface area contributed by atoms with Crippen LogP contribution in [0.1, 0.15) is 9.67 Å². The van der Waals surface area contributed by atoms with Crippen molar-refractivity contribution in [3.05, 3.63) is 27.5 Å². The van der Waals surface area contributed by atoms with Gasteiger partial charge >= 0.3 is 0 Å². The molecule has 0 aliphatic carbocycles. The van der Waals surface area contributed by atoms with E-state index in [1.165, 1.54) is 16.2 Å². The van der Waals surface area contributed by atoms with Crippen LogP contribution in [0.5, 0.6) is 0 Å². The topological polar surface area (TPSA) is 46.3 Å². The van der Waals surface area contributed by atoms with E-state index < -0.39 is 0 Å². The minimum Gasteiger partial charge on any atom is -0.397 e. The molecule has 0 radical (unpaired) electrons. The third-order valence-electron chi connectivity index (χ3n) is 2.29. The Morgan fingerprint density at radius 2 is 2.12 bits per heavy atom. The van der Waals surface area contributed by atoms with E-state index >= 15 is 0 Å². The van der Waals surface area contributed by atoms with Crippen LogP contribution in [0.2, 0.25) is 0 Å². The molecule has 0 fully saturated rings. The second-order valence-corrected chi connectivity index (χ2v) is 5.65. The fourth-order valence-corrected chi connectivity index (χ4v) is 2.94. The van der Waals surface area contributed by atoms with Gasteiger partial charge in [0.25, 0.3) is 5.91 Å². The SMILES string of the molecule is CN(C)C(=O)c1sc2ccc(Br)cc2c1N. The molecule has 1 amide bonds. The number of hydrogen-bond acceptors (Lipinski definition) is 3. The van der Waals surface area contributed by atoms with Gasteiger partial charge in [0.1, 0.15) is 4.88 Å². The van der Waals surface area contributed by atoms with Crippen LogP contribution in [-0.4, -0.2) is 24.9 Å². The van der Waals surface area contributed by atoms with Crippen LogP contribution in [0.3, 0.4) is 0 Å². The number of nitrogens with two attached hydrogens (primary N) is 1. The number of halogens is 1. The summed E-state index contributed by atoms with van der Waals surface area (Å²) in [7, 11) is 3.45. The number of nitrogen functional groups attached to an aromatic ring is 1. The van der Waals surface area contributed by atoms with Crippen molar-refractivity contribution >= 4 is 48.9 Å². The second kappa shape index (κ2) is 4.07. The molecule has 0 spiro atoms. The van der Waals surface area contributed by atoms with Gasteiger partial charge in [0.05, 0.1) is 5.69 Å². The summed E-state index contributed by atoms with van der Waals surface area (Å²) in [6.45, 7) is 0. The maximum Gasteiger partial charge on any atom is 0.265 e. The van der Waals surface area contributed by atoms with Gasteiger partial charge in [-0.25, -0.2) is 0 Å². The standard InChI is InChI=1S/C11H11BrN2OS/c1-14(2)11(15)10-9(13)7-5-6(12)3-4-8(7)16-10/h3-5H,13H2,1-2H3. The molecule has 0 saturated carbocycles. The minimum absolute atomic E-state index is 0.0465. The van der Waals surface area contributed by atoms with Crippen molar-refractivity contribution in [3.63, 3.8) is 0 Å². The number of amides is 1. The smallest absolute Gasteiger partial charge is 0.265 e. The van der Waals surface area contributed by atoms with Gasteiger partial charge in [-0.05, 0) is 18.2 Å². The first-order valence-corrected chi connectivity index (χ1v) is 6.31. The Kier molecular flexibility index (Phi) is 2.90. The molecule has 0 bridgehead atoms. The summed E-state index contributed by atoms with van der Waals surface area (Å²) in [4.78, 5) is 14.0. The second-order valence-electron chi connectivity index (χ2n) is 3.68. The highest BCUT2D eigenvalue weighted by molar-refractivity contribution is 9.10. The zero-order chi connectivity index (χ0) is 11.9. The van der Waals surface area contributed by atoms with E-state index in [0.717, 1.165) is 14.6 Å². The first-order chi connectivity index (χ1) is 7.50. The van der Waals surface area contributed by atoms with Gasteiger partial charge in [-0.15, -0.1) is 11.3 Å². The number of carbonyl (C=O) groups excluding carboxylic acids is 1. The molecule has 2 N–H and O–H groups in total. The molecular weight excluding hydrogens is 288 g/mol. The highest BCUT2D eigenvalue weighted by Crippen LogP contribution is 2.35. The van der Waals surface area contributed by atoms with Crippen LogP contribution in [0, 0.1) is 0 Å². The zero-order valence-electron chi connectivity index (χ0n) is 8.95. The molecule has 0 aliphatic rings. The third-order valence-corrected chi connectivity index (χ3v) is 3.96. The fourth-order valence-electron chi connectivity index (χ4n) is 1.45. The van der Waals surface area contributed by atoms with Crippen molar-refractivity contribution in [2.24, 2.45) is 0 Å². The Hall–Kier alpha value is -1.07. The molecule has 2 rings (SSSR count). The molecule has 16 heavy (non-hydrogen) atoms. The lowest BCUT2D eigenvalue weighted by molar-refractivity contribution is 0.0833. The van der Waals surface area contributed by atoms with Crippen molar-refractivity contribution in [2.45, 2.75) is 0 Å². The van der Waals surface area contributed by atoms with E-state index in [2.05, 4.69) is 15.9 Å². The molecule has 0 aliphatic heterocycles. The summed E-state index contributed by atoms with van der Waals surface area (Å²) in [6, 6.07) is 5.85. The molecule has 3 nitrogen and oxygen atoms in total. The highest BCUT2D eigenvalue weighted by atomic mass is 79.9. The molecule has 1 aromatic heterocycles. The number of fused-ring (bicyclic) bond motifs is 1. The number of anilines is 1. The summed E-state index contributed by atoms with van der Waals surface area (Å²) < 4.78 is 2.00. The lowest BCUT2D eigenvalue weighted by atomic mass is 10.2. The number of thiophene rings is 1. The normalized spacial score (nSPS) is 10.7.